The fourth-order valence-electron chi connectivity index (χ4n) is 5.75. The summed E-state index contributed by atoms with van der Waals surface area (Å²) in [5.41, 5.74) is -0.764. The van der Waals surface area contributed by atoms with E-state index < -0.39 is 11.4 Å². The lowest BCUT2D eigenvalue weighted by molar-refractivity contribution is -1.30. The van der Waals surface area contributed by atoms with Crippen LogP contribution in [0.25, 0.3) is 0 Å². The molecule has 0 aromatic carbocycles. The number of nitrogens with one attached hydrogen (secondary N) is 1. The van der Waals surface area contributed by atoms with Gasteiger partial charge >= 0.3 is 11.9 Å². The van der Waals surface area contributed by atoms with Gasteiger partial charge in [-0.3, -0.25) is 9.59 Å². The molecule has 0 amide bonds. The average molecular weight is 530 g/mol. The number of hydroxylamine groups is 4. The maximum atomic E-state index is 12.4. The van der Waals surface area contributed by atoms with E-state index in [1.165, 1.54) is 0 Å². The SMILES string of the molecule is CC(C)(CCCC(=O)O)CCCC(C)(C)C(=O)OC1CCNCC1.CO[N+]1(O)C(C)(C)CCCC1(C)C. The zero-order chi connectivity index (χ0) is 28.5. The Kier molecular flexibility index (Phi) is 12.5. The molecule has 218 valence electrons. The second kappa shape index (κ2) is 13.7. The average Bonchev–Trinajstić information content (AvgIpc) is 2.77. The number of hydrogen-bond donors (Lipinski definition) is 3. The Morgan fingerprint density at radius 2 is 1.46 bits per heavy atom. The number of rotatable bonds is 11. The molecule has 0 radical (unpaired) electrons. The highest BCUT2D eigenvalue weighted by Gasteiger charge is 2.59. The van der Waals surface area contributed by atoms with Crippen molar-refractivity contribution < 1.29 is 34.3 Å². The number of ether oxygens (including phenoxy) is 1. The molecule has 0 aliphatic carbocycles. The van der Waals surface area contributed by atoms with Gasteiger partial charge in [0.2, 0.25) is 0 Å². The van der Waals surface area contributed by atoms with Gasteiger partial charge < -0.3 is 15.2 Å². The summed E-state index contributed by atoms with van der Waals surface area (Å²) in [6.07, 6.45) is 9.62. The van der Waals surface area contributed by atoms with Crippen LogP contribution in [0.5, 0.6) is 0 Å². The number of piperidine rings is 2. The van der Waals surface area contributed by atoms with E-state index in [2.05, 4.69) is 46.9 Å². The Bertz CT molecular complexity index is 710. The minimum atomic E-state index is -0.729. The number of carbonyl (C=O) groups is 2. The molecule has 0 unspecified atom stereocenters. The minimum absolute atomic E-state index is 0.0606. The zero-order valence-electron chi connectivity index (χ0n) is 25.2. The smallest absolute Gasteiger partial charge is 0.311 e. The van der Waals surface area contributed by atoms with Crippen molar-refractivity contribution in [2.24, 2.45) is 10.8 Å². The van der Waals surface area contributed by atoms with Crippen LogP contribution < -0.4 is 5.32 Å². The van der Waals surface area contributed by atoms with E-state index in [-0.39, 0.29) is 39.8 Å². The number of quaternary nitrogens is 1. The van der Waals surface area contributed by atoms with Crippen molar-refractivity contribution in [2.45, 2.75) is 143 Å². The van der Waals surface area contributed by atoms with Crippen LogP contribution in [0.15, 0.2) is 0 Å². The molecule has 0 bridgehead atoms. The topological polar surface area (TPSA) is 105 Å². The van der Waals surface area contributed by atoms with Crippen molar-refractivity contribution in [2.75, 3.05) is 20.2 Å². The zero-order valence-corrected chi connectivity index (χ0v) is 25.2. The van der Waals surface area contributed by atoms with E-state index >= 15 is 0 Å². The Morgan fingerprint density at radius 3 is 1.92 bits per heavy atom. The Labute approximate surface area is 226 Å². The van der Waals surface area contributed by atoms with Crippen LogP contribution in [0, 0.1) is 10.8 Å². The van der Waals surface area contributed by atoms with Gasteiger partial charge in [-0.15, -0.1) is 0 Å². The van der Waals surface area contributed by atoms with Crippen LogP contribution in [0.3, 0.4) is 0 Å². The number of carboxylic acid groups (broad SMARTS) is 1. The fourth-order valence-corrected chi connectivity index (χ4v) is 5.75. The summed E-state index contributed by atoms with van der Waals surface area (Å²) in [5, 5.41) is 22.5. The van der Waals surface area contributed by atoms with E-state index in [1.807, 2.05) is 13.8 Å². The molecule has 0 aromatic rings. The summed E-state index contributed by atoms with van der Waals surface area (Å²) in [6.45, 7) is 18.3. The van der Waals surface area contributed by atoms with E-state index in [1.54, 1.807) is 7.11 Å². The van der Waals surface area contributed by atoms with Crippen molar-refractivity contribution >= 4 is 11.9 Å². The first-order valence-corrected chi connectivity index (χ1v) is 14.2. The van der Waals surface area contributed by atoms with Crippen molar-refractivity contribution in [1.29, 1.82) is 0 Å². The molecular weight excluding hydrogens is 472 g/mol. The lowest BCUT2D eigenvalue weighted by Crippen LogP contribution is -2.70. The van der Waals surface area contributed by atoms with E-state index in [0.29, 0.717) is 6.42 Å². The Hall–Kier alpha value is -1.22. The number of carboxylic acids is 1. The maximum absolute atomic E-state index is 12.4. The summed E-state index contributed by atoms with van der Waals surface area (Å²) < 4.78 is 5.69. The summed E-state index contributed by atoms with van der Waals surface area (Å²) >= 11 is 0. The number of carbonyl (C=O) groups excluding carboxylic acids is 1. The molecule has 0 saturated carbocycles. The van der Waals surface area contributed by atoms with Gasteiger partial charge in [0, 0.05) is 19.3 Å². The molecule has 2 saturated heterocycles. The first-order valence-electron chi connectivity index (χ1n) is 14.2. The fraction of sp³-hybridized carbons (Fsp3) is 0.931. The Balaban J connectivity index is 0.000000442. The molecule has 2 heterocycles. The predicted octanol–water partition coefficient (Wildman–Crippen LogP) is 6.25. The standard InChI is InChI=1S/C19H35NO4.C10H22NO2/c1-18(2,10-5-7-16(21)22)11-6-12-19(3,4)17(23)24-15-8-13-20-14-9-15;1-9(2)7-6-8-10(3,4)11(9,12)13-5/h15,20H,5-14H2,1-4H3,(H,21,22);12H,6-8H2,1-5H3/q;+1. The predicted molar refractivity (Wildman–Crippen MR) is 146 cm³/mol. The van der Waals surface area contributed by atoms with Gasteiger partial charge in [-0.05, 0) is 110 Å². The van der Waals surface area contributed by atoms with Gasteiger partial charge in [-0.2, -0.15) is 10.0 Å². The quantitative estimate of drug-likeness (QED) is 0.214. The molecule has 0 aromatic heterocycles. The third kappa shape index (κ3) is 10.1. The number of hydrogen-bond acceptors (Lipinski definition) is 6. The molecule has 37 heavy (non-hydrogen) atoms. The van der Waals surface area contributed by atoms with Gasteiger partial charge in [0.05, 0.1) is 12.5 Å². The van der Waals surface area contributed by atoms with E-state index in [9.17, 15) is 14.8 Å². The summed E-state index contributed by atoms with van der Waals surface area (Å²) in [5.74, 6) is -0.814. The lowest BCUT2D eigenvalue weighted by Gasteiger charge is -2.52. The molecule has 2 aliphatic heterocycles. The largest absolute Gasteiger partial charge is 0.481 e. The number of esters is 1. The molecule has 2 aliphatic rings. The highest BCUT2D eigenvalue weighted by Crippen LogP contribution is 2.43. The van der Waals surface area contributed by atoms with Gasteiger partial charge in [0.15, 0.2) is 11.1 Å². The normalized spacial score (nSPS) is 21.5. The molecule has 8 nitrogen and oxygen atoms in total. The van der Waals surface area contributed by atoms with E-state index in [0.717, 1.165) is 70.9 Å². The highest BCUT2D eigenvalue weighted by molar-refractivity contribution is 5.76. The third-order valence-electron chi connectivity index (χ3n) is 8.49. The minimum Gasteiger partial charge on any atom is -0.481 e. The van der Waals surface area contributed by atoms with Crippen LogP contribution >= 0.6 is 0 Å². The maximum Gasteiger partial charge on any atom is 0.311 e. The van der Waals surface area contributed by atoms with Gasteiger partial charge in [-0.1, -0.05) is 20.3 Å². The molecule has 8 heteroatoms. The molecule has 0 atom stereocenters. The number of nitrogens with zero attached hydrogens (tertiary/aromatic N) is 1. The summed E-state index contributed by atoms with van der Waals surface area (Å²) in [7, 11) is 1.58. The van der Waals surface area contributed by atoms with E-state index in [4.69, 9.17) is 14.7 Å². The van der Waals surface area contributed by atoms with Crippen molar-refractivity contribution in [3.8, 4) is 0 Å². The molecule has 0 spiro atoms. The summed E-state index contributed by atoms with van der Waals surface area (Å²) in [4.78, 5) is 28.1. The third-order valence-corrected chi connectivity index (χ3v) is 8.49. The van der Waals surface area contributed by atoms with Crippen molar-refractivity contribution in [3.63, 3.8) is 0 Å². The lowest BCUT2D eigenvalue weighted by atomic mass is 9.79. The van der Waals surface area contributed by atoms with Crippen molar-refractivity contribution in [1.82, 2.24) is 5.32 Å². The van der Waals surface area contributed by atoms with Crippen LogP contribution in [-0.2, 0) is 19.2 Å². The van der Waals surface area contributed by atoms with Gasteiger partial charge in [0.1, 0.15) is 6.10 Å². The van der Waals surface area contributed by atoms with Crippen LogP contribution in [0.2, 0.25) is 0 Å². The van der Waals surface area contributed by atoms with Crippen LogP contribution in [0.1, 0.15) is 126 Å². The molecule has 2 fully saturated rings. The van der Waals surface area contributed by atoms with Gasteiger partial charge in [0.25, 0.3) is 0 Å². The van der Waals surface area contributed by atoms with Crippen molar-refractivity contribution in [3.05, 3.63) is 0 Å². The molecule has 2 rings (SSSR count). The number of aliphatic carboxylic acids is 1. The first kappa shape index (κ1) is 33.8. The first-order chi connectivity index (χ1) is 16.9. The highest BCUT2D eigenvalue weighted by atomic mass is 16.9. The van der Waals surface area contributed by atoms with Crippen LogP contribution in [0.4, 0.5) is 0 Å². The van der Waals surface area contributed by atoms with Gasteiger partial charge in [-0.25, -0.2) is 0 Å². The molecular formula is C29H57N2O6+. The second-order valence-electron chi connectivity index (χ2n) is 13.7. The van der Waals surface area contributed by atoms with Crippen LogP contribution in [-0.4, -0.2) is 64.4 Å². The monoisotopic (exact) mass is 529 g/mol. The Morgan fingerprint density at radius 1 is 0.946 bits per heavy atom. The molecule has 3 N–H and O–H groups in total. The second-order valence-corrected chi connectivity index (χ2v) is 13.7. The summed E-state index contributed by atoms with van der Waals surface area (Å²) in [6, 6.07) is 0.